The summed E-state index contributed by atoms with van der Waals surface area (Å²) in [6, 6.07) is 0. The molecule has 0 amide bonds. The third-order valence-corrected chi connectivity index (χ3v) is 5.70. The van der Waals surface area contributed by atoms with Crippen LogP contribution in [0.3, 0.4) is 0 Å². The van der Waals surface area contributed by atoms with Crippen molar-refractivity contribution in [3.63, 3.8) is 0 Å². The minimum atomic E-state index is 0.270. The van der Waals surface area contributed by atoms with Crippen molar-refractivity contribution in [2.24, 2.45) is 5.92 Å². The highest BCUT2D eigenvalue weighted by Gasteiger charge is 2.18. The zero-order valence-electron chi connectivity index (χ0n) is 18.9. The lowest BCUT2D eigenvalue weighted by Gasteiger charge is -2.26. The Balaban J connectivity index is 1.47. The molecule has 2 rings (SSSR count). The van der Waals surface area contributed by atoms with Gasteiger partial charge in [0.25, 0.3) is 0 Å². The summed E-state index contributed by atoms with van der Waals surface area (Å²) < 4.78 is 11.7. The Labute approximate surface area is 179 Å². The van der Waals surface area contributed by atoms with Gasteiger partial charge in [-0.2, -0.15) is 0 Å². The van der Waals surface area contributed by atoms with Gasteiger partial charge in [0.2, 0.25) is 0 Å². The van der Waals surface area contributed by atoms with Gasteiger partial charge in [0.1, 0.15) is 0 Å². The van der Waals surface area contributed by atoms with Crippen LogP contribution in [-0.2, 0) is 9.47 Å². The summed E-state index contributed by atoms with van der Waals surface area (Å²) >= 11 is 0. The van der Waals surface area contributed by atoms with Gasteiger partial charge in [0.05, 0.1) is 24.9 Å². The highest BCUT2D eigenvalue weighted by atomic mass is 16.5. The van der Waals surface area contributed by atoms with Gasteiger partial charge in [0, 0.05) is 0 Å². The Morgan fingerprint density at radius 2 is 2.03 bits per heavy atom. The maximum atomic E-state index is 5.99. The van der Waals surface area contributed by atoms with Gasteiger partial charge in [-0.15, -0.1) is 0 Å². The van der Waals surface area contributed by atoms with E-state index in [1.165, 1.54) is 17.6 Å². The fourth-order valence-corrected chi connectivity index (χ4v) is 4.13. The molecule has 0 radical (unpaired) electrons. The van der Waals surface area contributed by atoms with E-state index >= 15 is 0 Å². The van der Waals surface area contributed by atoms with Crippen molar-refractivity contribution in [1.82, 2.24) is 0 Å². The number of ether oxygens (including phenoxy) is 2. The first-order valence-electron chi connectivity index (χ1n) is 11.6. The van der Waals surface area contributed by atoms with Gasteiger partial charge in [-0.3, -0.25) is 0 Å². The van der Waals surface area contributed by atoms with Crippen molar-refractivity contribution >= 4 is 0 Å². The van der Waals surface area contributed by atoms with E-state index in [0.717, 1.165) is 58.0 Å². The molecule has 2 unspecified atom stereocenters. The molecule has 162 valence electrons. The van der Waals surface area contributed by atoms with Crippen LogP contribution in [-0.4, -0.2) is 24.9 Å². The molecular formula is C27H42O2. The third kappa shape index (κ3) is 10.8. The Morgan fingerprint density at radius 1 is 1.24 bits per heavy atom. The predicted octanol–water partition coefficient (Wildman–Crippen LogP) is 7.49. The number of allylic oxidation sites excluding steroid dienone is 4. The second-order valence-electron chi connectivity index (χ2n) is 8.92. The lowest BCUT2D eigenvalue weighted by molar-refractivity contribution is 0.00299. The zero-order chi connectivity index (χ0) is 20.9. The van der Waals surface area contributed by atoms with Gasteiger partial charge >= 0.3 is 0 Å². The Bertz CT molecular complexity index is 596. The summed E-state index contributed by atoms with van der Waals surface area (Å²) in [5, 5.41) is 0. The number of hydrogen-bond acceptors (Lipinski definition) is 2. The molecule has 0 aromatic heterocycles. The molecule has 0 saturated carbocycles. The van der Waals surface area contributed by atoms with E-state index < -0.39 is 0 Å². The predicted molar refractivity (Wildman–Crippen MR) is 125 cm³/mol. The molecule has 0 aromatic carbocycles. The maximum Gasteiger partial charge on any atom is 0.0797 e. The molecule has 2 aliphatic heterocycles. The highest BCUT2D eigenvalue weighted by molar-refractivity contribution is 5.07. The van der Waals surface area contributed by atoms with Crippen LogP contribution in [0.1, 0.15) is 78.6 Å². The van der Waals surface area contributed by atoms with Crippen LogP contribution < -0.4 is 0 Å². The molecule has 0 bridgehead atoms. The fourth-order valence-electron chi connectivity index (χ4n) is 4.13. The lowest BCUT2D eigenvalue weighted by atomic mass is 9.92. The first-order chi connectivity index (χ1) is 14.0. The molecule has 2 nitrogen and oxygen atoms in total. The Morgan fingerprint density at radius 3 is 2.83 bits per heavy atom. The Hall–Kier alpha value is -1.38. The average Bonchev–Trinajstić information content (AvgIpc) is 2.66. The second kappa shape index (κ2) is 13.8. The van der Waals surface area contributed by atoms with E-state index in [4.69, 9.17) is 9.47 Å². The van der Waals surface area contributed by atoms with Crippen molar-refractivity contribution in [2.45, 2.75) is 96.9 Å². The van der Waals surface area contributed by atoms with E-state index in [9.17, 15) is 0 Å². The molecule has 0 fully saturated rings. The number of rotatable bonds is 12. The number of hydrogen-bond donors (Lipinski definition) is 0. The van der Waals surface area contributed by atoms with Crippen molar-refractivity contribution < 1.29 is 9.47 Å². The smallest absolute Gasteiger partial charge is 0.0797 e. The SMILES string of the molecule is C=C(CC/C=C/CCC/C=C/C1CC(C)=CCO1)C[C@H](C)CC1CC=C[C@H](C)O1. The fraction of sp³-hybridized carbons (Fsp3) is 0.630. The first-order valence-corrected chi connectivity index (χ1v) is 11.6. The lowest BCUT2D eigenvalue weighted by Crippen LogP contribution is -2.23. The normalized spacial score (nSPS) is 26.2. The molecular weight excluding hydrogens is 356 g/mol. The van der Waals surface area contributed by atoms with Crippen LogP contribution >= 0.6 is 0 Å². The second-order valence-corrected chi connectivity index (χ2v) is 8.92. The average molecular weight is 399 g/mol. The van der Waals surface area contributed by atoms with Gasteiger partial charge < -0.3 is 9.47 Å². The molecule has 4 atom stereocenters. The minimum Gasteiger partial charge on any atom is -0.371 e. The summed E-state index contributed by atoms with van der Waals surface area (Å²) in [6.07, 6.45) is 26.8. The molecule has 2 heterocycles. The molecule has 0 N–H and O–H groups in total. The zero-order valence-corrected chi connectivity index (χ0v) is 18.9. The summed E-state index contributed by atoms with van der Waals surface area (Å²) in [7, 11) is 0. The first kappa shape index (κ1) is 23.9. The summed E-state index contributed by atoms with van der Waals surface area (Å²) in [4.78, 5) is 0. The van der Waals surface area contributed by atoms with Crippen molar-refractivity contribution in [2.75, 3.05) is 6.61 Å². The van der Waals surface area contributed by atoms with Crippen molar-refractivity contribution in [3.8, 4) is 0 Å². The highest BCUT2D eigenvalue weighted by Crippen LogP contribution is 2.24. The summed E-state index contributed by atoms with van der Waals surface area (Å²) in [6.45, 7) is 11.7. The van der Waals surface area contributed by atoms with Crippen molar-refractivity contribution in [3.05, 3.63) is 60.3 Å². The molecule has 0 aromatic rings. The third-order valence-electron chi connectivity index (χ3n) is 5.70. The van der Waals surface area contributed by atoms with E-state index in [-0.39, 0.29) is 12.2 Å². The Kier molecular flexibility index (Phi) is 11.3. The van der Waals surface area contributed by atoms with Crippen LogP contribution in [0.15, 0.2) is 60.3 Å². The summed E-state index contributed by atoms with van der Waals surface area (Å²) in [5.74, 6) is 0.648. The van der Waals surface area contributed by atoms with Crippen LogP contribution in [0, 0.1) is 5.92 Å². The molecule has 0 spiro atoms. The largest absolute Gasteiger partial charge is 0.371 e. The van der Waals surface area contributed by atoms with Crippen LogP contribution in [0.2, 0.25) is 0 Å². The number of unbranched alkanes of at least 4 members (excludes halogenated alkanes) is 2. The topological polar surface area (TPSA) is 18.5 Å². The van der Waals surface area contributed by atoms with Gasteiger partial charge in [-0.1, -0.05) is 67.2 Å². The van der Waals surface area contributed by atoms with Crippen molar-refractivity contribution in [1.29, 1.82) is 0 Å². The van der Waals surface area contributed by atoms with Crippen LogP contribution in [0.5, 0.6) is 0 Å². The van der Waals surface area contributed by atoms with Crippen LogP contribution in [0.4, 0.5) is 0 Å². The molecule has 0 saturated heterocycles. The van der Waals surface area contributed by atoms with Gasteiger partial charge in [-0.25, -0.2) is 0 Å². The molecule has 2 aliphatic rings. The van der Waals surface area contributed by atoms with Gasteiger partial charge in [0.15, 0.2) is 0 Å². The van der Waals surface area contributed by atoms with E-state index in [2.05, 4.69) is 69.9 Å². The van der Waals surface area contributed by atoms with E-state index in [1.54, 1.807) is 0 Å². The minimum absolute atomic E-state index is 0.270. The quantitative estimate of drug-likeness (QED) is 0.250. The molecule has 0 aliphatic carbocycles. The molecule has 29 heavy (non-hydrogen) atoms. The van der Waals surface area contributed by atoms with Gasteiger partial charge in [-0.05, 0) is 77.6 Å². The monoisotopic (exact) mass is 398 g/mol. The summed E-state index contributed by atoms with van der Waals surface area (Å²) in [5.41, 5.74) is 2.82. The van der Waals surface area contributed by atoms with E-state index in [1.807, 2.05) is 0 Å². The van der Waals surface area contributed by atoms with Crippen LogP contribution in [0.25, 0.3) is 0 Å². The molecule has 2 heteroatoms. The maximum absolute atomic E-state index is 5.99. The van der Waals surface area contributed by atoms with E-state index in [0.29, 0.717) is 12.0 Å². The standard InChI is InChI=1S/C27H42O2/c1-22(19-24(3)21-27-16-12-14-25(4)29-27)13-10-8-6-5-7-9-11-15-26-20-23(2)17-18-28-26/h6,8,11-12,14-15,17,24-27H,1,5,7,9-10,13,16,18-21H2,2-4H3/b8-6+,15-11+/t24-,25-,26?,27?/m0/s1.